The Morgan fingerprint density at radius 3 is 1.49 bits per heavy atom. The molecule has 4 aromatic carbocycles. The van der Waals surface area contributed by atoms with Gasteiger partial charge in [0.2, 0.25) is 21.7 Å². The Kier molecular flexibility index (Phi) is 9.92. The van der Waals surface area contributed by atoms with Crippen molar-refractivity contribution >= 4 is 28.9 Å². The van der Waals surface area contributed by atoms with Gasteiger partial charge in [-0.3, -0.25) is 28.8 Å². The number of anilines is 3. The predicted molar refractivity (Wildman–Crippen MR) is 157 cm³/mol. The van der Waals surface area contributed by atoms with Crippen LogP contribution in [0.25, 0.3) is 0 Å². The summed E-state index contributed by atoms with van der Waals surface area (Å²) >= 11 is 0. The molecule has 216 valence electrons. The number of benzene rings is 2. The molecular weight excluding hydrogens is 532 g/mol. The fraction of sp³-hybridized carbons (Fsp3) is 0.241. The van der Waals surface area contributed by atoms with Gasteiger partial charge in [-0.2, -0.15) is 0 Å². The number of amides is 2. The van der Waals surface area contributed by atoms with E-state index in [4.69, 9.17) is 5.73 Å². The van der Waals surface area contributed by atoms with Crippen LogP contribution in [0.3, 0.4) is 0 Å². The van der Waals surface area contributed by atoms with Crippen molar-refractivity contribution in [1.82, 2.24) is 9.80 Å². The van der Waals surface area contributed by atoms with Crippen LogP contribution in [-0.4, -0.2) is 60.0 Å². The number of para-hydroxylation sites is 2. The molecule has 0 fully saturated rings. The van der Waals surface area contributed by atoms with Crippen molar-refractivity contribution in [2.75, 3.05) is 39.2 Å². The molecule has 4 rings (SSSR count). The molecule has 4 aromatic rings. The van der Waals surface area contributed by atoms with Crippen molar-refractivity contribution in [2.45, 2.75) is 20.8 Å². The van der Waals surface area contributed by atoms with Crippen molar-refractivity contribution in [1.29, 1.82) is 0 Å². The quantitative estimate of drug-likeness (QED) is 0.160. The molecule has 12 heteroatoms. The van der Waals surface area contributed by atoms with Gasteiger partial charge in [0.05, 0.1) is 28.2 Å². The Labute approximate surface area is 235 Å². The van der Waals surface area contributed by atoms with Crippen molar-refractivity contribution in [2.24, 2.45) is 0 Å². The minimum atomic E-state index is -0.619. The average molecular weight is 565 g/mol. The zero-order chi connectivity index (χ0) is 31.3. The third-order valence-corrected chi connectivity index (χ3v) is 6.23. The molecule has 0 bridgehead atoms. The molecule has 0 atom stereocenters. The summed E-state index contributed by atoms with van der Waals surface area (Å²) in [5.41, 5.74) is 6.14. The van der Waals surface area contributed by atoms with E-state index in [1.165, 1.54) is 34.9 Å². The largest absolute Gasteiger partial charge is 0.505 e. The lowest BCUT2D eigenvalue weighted by Crippen LogP contribution is -2.36. The van der Waals surface area contributed by atoms with Crippen molar-refractivity contribution in [3.05, 3.63) is 105 Å². The van der Waals surface area contributed by atoms with Gasteiger partial charge >= 0.3 is 0 Å². The summed E-state index contributed by atoms with van der Waals surface area (Å²) in [6, 6.07) is 9.30. The van der Waals surface area contributed by atoms with Crippen molar-refractivity contribution < 1.29 is 19.8 Å². The van der Waals surface area contributed by atoms with E-state index in [2.05, 4.69) is 5.32 Å². The third-order valence-electron chi connectivity index (χ3n) is 6.23. The molecule has 12 nitrogen and oxygen atoms in total. The molecule has 0 unspecified atom stereocenters. The van der Waals surface area contributed by atoms with Gasteiger partial charge in [-0.15, -0.1) is 0 Å². The maximum Gasteiger partial charge on any atom is 0.257 e. The minimum absolute atomic E-state index is 0.122. The topological polar surface area (TPSA) is 187 Å². The van der Waals surface area contributed by atoms with Crippen LogP contribution in [0.2, 0.25) is 0 Å². The Bertz CT molecular complexity index is 1720. The van der Waals surface area contributed by atoms with Crippen molar-refractivity contribution in [3.8, 4) is 11.5 Å². The zero-order valence-electron chi connectivity index (χ0n) is 23.8. The van der Waals surface area contributed by atoms with Crippen LogP contribution in [0.15, 0.2) is 55.6 Å². The minimum Gasteiger partial charge on any atom is -0.505 e. The molecule has 5 N–H and O–H groups in total. The molecule has 0 aliphatic rings. The van der Waals surface area contributed by atoms with Crippen LogP contribution < -0.4 is 32.8 Å². The maximum atomic E-state index is 11.9. The fourth-order valence-corrected chi connectivity index (χ4v) is 3.44. The lowest BCUT2D eigenvalue weighted by Gasteiger charge is -2.15. The molecule has 0 heterocycles. The number of phenols is 2. The van der Waals surface area contributed by atoms with E-state index in [0.29, 0.717) is 16.7 Å². The predicted octanol–water partition coefficient (Wildman–Crippen LogP) is 1.32. The third kappa shape index (κ3) is 6.67. The summed E-state index contributed by atoms with van der Waals surface area (Å²) in [7, 11) is 6.38. The van der Waals surface area contributed by atoms with Gasteiger partial charge in [0.1, 0.15) is 0 Å². The number of carbonyl (C=O) groups excluding carboxylic acids is 2. The standard InChI is InChI=1S/C14H14N2O4.C9H12N2O2.C6H6O2/c1-7-10(13(19)11(7)17)15-9-6-4-5-8(12(9)18)14(20)16(2)3;1-11(2)9(13)6-4-3-5-7(10)8(6)12;1-3-4(2)6(8)5(3)7/h4-6,15,18H,1-3H3;3-5,12H,10H2,1-2H3;1-2H3. The average Bonchev–Trinajstić information content (AvgIpc) is 2.96. The summed E-state index contributed by atoms with van der Waals surface area (Å²) in [5.74, 6) is -1.02. The smallest absolute Gasteiger partial charge is 0.257 e. The van der Waals surface area contributed by atoms with Crippen LogP contribution in [0.1, 0.15) is 37.4 Å². The van der Waals surface area contributed by atoms with Crippen LogP contribution in [0.5, 0.6) is 11.5 Å². The lowest BCUT2D eigenvalue weighted by atomic mass is 10.1. The first-order valence-corrected chi connectivity index (χ1v) is 12.2. The number of hydrogen-bond donors (Lipinski definition) is 4. The molecule has 0 saturated carbocycles. The van der Waals surface area contributed by atoms with Gasteiger partial charge < -0.3 is 31.1 Å². The number of carbonyl (C=O) groups is 2. The molecule has 0 aromatic heterocycles. The van der Waals surface area contributed by atoms with E-state index in [0.717, 1.165) is 0 Å². The van der Waals surface area contributed by atoms with E-state index in [-0.39, 0.29) is 62.4 Å². The van der Waals surface area contributed by atoms with Gasteiger partial charge in [0.15, 0.2) is 11.5 Å². The van der Waals surface area contributed by atoms with Crippen LogP contribution in [0, 0.1) is 20.8 Å². The van der Waals surface area contributed by atoms with Gasteiger partial charge in [0.25, 0.3) is 11.8 Å². The second-order valence-corrected chi connectivity index (χ2v) is 9.54. The summed E-state index contributed by atoms with van der Waals surface area (Å²) in [4.78, 5) is 69.3. The summed E-state index contributed by atoms with van der Waals surface area (Å²) < 4.78 is 0. The molecule has 0 saturated heterocycles. The Morgan fingerprint density at radius 1 is 0.659 bits per heavy atom. The Balaban J connectivity index is 0.000000239. The normalized spacial score (nSPS) is 10.2. The van der Waals surface area contributed by atoms with E-state index in [9.17, 15) is 39.0 Å². The molecule has 41 heavy (non-hydrogen) atoms. The highest BCUT2D eigenvalue weighted by Gasteiger charge is 2.20. The molecule has 0 radical (unpaired) electrons. The van der Waals surface area contributed by atoms with E-state index in [1.807, 2.05) is 0 Å². The van der Waals surface area contributed by atoms with E-state index in [1.54, 1.807) is 60.2 Å². The van der Waals surface area contributed by atoms with Gasteiger partial charge in [-0.05, 0) is 45.0 Å². The number of rotatable bonds is 4. The zero-order valence-corrected chi connectivity index (χ0v) is 23.8. The highest BCUT2D eigenvalue weighted by Crippen LogP contribution is 2.30. The van der Waals surface area contributed by atoms with Crippen molar-refractivity contribution in [3.63, 3.8) is 0 Å². The second-order valence-electron chi connectivity index (χ2n) is 9.54. The molecule has 0 aliphatic carbocycles. The lowest BCUT2D eigenvalue weighted by molar-refractivity contribution is 0.0817. The maximum absolute atomic E-state index is 11.9. The van der Waals surface area contributed by atoms with E-state index >= 15 is 0 Å². The summed E-state index contributed by atoms with van der Waals surface area (Å²) in [6.45, 7) is 4.86. The molecule has 0 spiro atoms. The number of hydrogen-bond acceptors (Lipinski definition) is 10. The Morgan fingerprint density at radius 2 is 1.07 bits per heavy atom. The highest BCUT2D eigenvalue weighted by atomic mass is 16.3. The van der Waals surface area contributed by atoms with Crippen LogP contribution >= 0.6 is 0 Å². The fourth-order valence-electron chi connectivity index (χ4n) is 3.44. The Hall–Kier alpha value is -5.26. The highest BCUT2D eigenvalue weighted by molar-refractivity contribution is 5.99. The van der Waals surface area contributed by atoms with Crippen LogP contribution in [-0.2, 0) is 0 Å². The number of nitrogens with zero attached hydrogens (tertiary/aromatic N) is 2. The molecular formula is C29H32N4O8. The second kappa shape index (κ2) is 12.7. The van der Waals surface area contributed by atoms with Gasteiger partial charge in [-0.25, -0.2) is 0 Å². The summed E-state index contributed by atoms with van der Waals surface area (Å²) in [5, 5.41) is 22.2. The number of aromatic hydroxyl groups is 2. The first-order chi connectivity index (χ1) is 19.0. The number of nitrogens with one attached hydrogen (secondary N) is 1. The number of nitrogen functional groups attached to an aromatic ring is 1. The molecule has 2 amide bonds. The van der Waals surface area contributed by atoms with E-state index < -0.39 is 10.9 Å². The SMILES string of the molecule is CN(C)C(=O)c1cccc(N)c1O.Cc1c(C)c(=O)c1=O.Cc1c(Nc2cccc(C(=O)N(C)C)c2O)c(=O)c1=O. The first kappa shape index (κ1) is 32.0. The monoisotopic (exact) mass is 564 g/mol. The van der Waals surface area contributed by atoms with Gasteiger partial charge in [-0.1, -0.05) is 12.1 Å². The first-order valence-electron chi connectivity index (χ1n) is 12.2. The summed E-state index contributed by atoms with van der Waals surface area (Å²) in [6.07, 6.45) is 0. The molecule has 0 aliphatic heterocycles. The van der Waals surface area contributed by atoms with Gasteiger partial charge in [0, 0.05) is 44.9 Å². The number of phenolic OH excluding ortho intramolecular Hbond substituents is 2. The van der Waals surface area contributed by atoms with Crippen LogP contribution in [0.4, 0.5) is 17.1 Å². The number of nitrogens with two attached hydrogens (primary N) is 1.